The Labute approximate surface area is 141 Å². The van der Waals surface area contributed by atoms with Crippen LogP contribution >= 0.6 is 11.8 Å². The first-order valence-electron chi connectivity index (χ1n) is 7.76. The highest BCUT2D eigenvalue weighted by atomic mass is 32.2. The van der Waals surface area contributed by atoms with E-state index in [1.165, 1.54) is 11.8 Å². The van der Waals surface area contributed by atoms with Gasteiger partial charge in [-0.3, -0.25) is 9.59 Å². The molecule has 0 saturated carbocycles. The van der Waals surface area contributed by atoms with Crippen LogP contribution in [0.2, 0.25) is 0 Å². The Hall–Kier alpha value is -1.63. The number of aryl methyl sites for hydroxylation is 2. The second kappa shape index (κ2) is 9.50. The summed E-state index contributed by atoms with van der Waals surface area (Å²) in [5, 5.41) is 12.5. The summed E-state index contributed by atoms with van der Waals surface area (Å²) in [5.74, 6) is -1.52. The van der Waals surface area contributed by atoms with Gasteiger partial charge in [-0.25, -0.2) is 9.97 Å². The predicted octanol–water partition coefficient (Wildman–Crippen LogP) is 2.37. The number of aliphatic carboxylic acids is 1. The van der Waals surface area contributed by atoms with Crippen LogP contribution in [0, 0.1) is 19.8 Å². The molecule has 128 valence electrons. The molecule has 1 unspecified atom stereocenters. The molecular formula is C16H25N3O3S. The number of rotatable bonds is 9. The first-order valence-corrected chi connectivity index (χ1v) is 8.99. The molecule has 0 saturated heterocycles. The Bertz CT molecular complexity index is 540. The van der Waals surface area contributed by atoms with Gasteiger partial charge in [0, 0.05) is 24.4 Å². The van der Waals surface area contributed by atoms with Crippen LogP contribution in [-0.2, 0) is 16.0 Å². The molecule has 6 nitrogen and oxygen atoms in total. The lowest BCUT2D eigenvalue weighted by Crippen LogP contribution is -2.33. The van der Waals surface area contributed by atoms with Crippen LogP contribution in [0.3, 0.4) is 0 Å². The number of hydrogen-bond donors (Lipinski definition) is 2. The predicted molar refractivity (Wildman–Crippen MR) is 90.7 cm³/mol. The maximum Gasteiger partial charge on any atom is 0.308 e. The number of carboxylic acids is 1. The number of nitrogens with one attached hydrogen (secondary N) is 1. The first-order chi connectivity index (χ1) is 10.9. The second-order valence-electron chi connectivity index (χ2n) is 5.49. The van der Waals surface area contributed by atoms with E-state index in [9.17, 15) is 9.59 Å². The van der Waals surface area contributed by atoms with Gasteiger partial charge in [-0.05, 0) is 38.5 Å². The fourth-order valence-corrected chi connectivity index (χ4v) is 2.84. The number of carbonyl (C=O) groups excluding carboxylic acids is 1. The van der Waals surface area contributed by atoms with E-state index in [4.69, 9.17) is 5.11 Å². The lowest BCUT2D eigenvalue weighted by Gasteiger charge is -2.13. The molecule has 1 rings (SSSR count). The van der Waals surface area contributed by atoms with Gasteiger partial charge in [-0.2, -0.15) is 0 Å². The van der Waals surface area contributed by atoms with Gasteiger partial charge in [0.1, 0.15) is 0 Å². The van der Waals surface area contributed by atoms with Gasteiger partial charge in [0.2, 0.25) is 5.91 Å². The normalized spacial score (nSPS) is 12.0. The van der Waals surface area contributed by atoms with Crippen LogP contribution in [-0.4, -0.2) is 39.8 Å². The van der Waals surface area contributed by atoms with Crippen molar-refractivity contribution in [3.8, 4) is 0 Å². The molecule has 0 radical (unpaired) electrons. The zero-order valence-electron chi connectivity index (χ0n) is 14.2. The van der Waals surface area contributed by atoms with Crippen molar-refractivity contribution in [3.63, 3.8) is 0 Å². The molecule has 0 spiro atoms. The van der Waals surface area contributed by atoms with Gasteiger partial charge in [0.25, 0.3) is 0 Å². The monoisotopic (exact) mass is 339 g/mol. The van der Waals surface area contributed by atoms with Crippen LogP contribution in [0.5, 0.6) is 0 Å². The van der Waals surface area contributed by atoms with Crippen molar-refractivity contribution in [1.82, 2.24) is 15.3 Å². The quantitative estimate of drug-likeness (QED) is 0.530. The molecule has 0 aliphatic carbocycles. The van der Waals surface area contributed by atoms with Gasteiger partial charge >= 0.3 is 5.97 Å². The molecule has 7 heteroatoms. The second-order valence-corrected chi connectivity index (χ2v) is 6.26. The minimum absolute atomic E-state index is 0.139. The van der Waals surface area contributed by atoms with Crippen LogP contribution < -0.4 is 5.32 Å². The van der Waals surface area contributed by atoms with Crippen molar-refractivity contribution in [1.29, 1.82) is 0 Å². The minimum atomic E-state index is -0.861. The van der Waals surface area contributed by atoms with Crippen molar-refractivity contribution < 1.29 is 14.7 Å². The summed E-state index contributed by atoms with van der Waals surface area (Å²) < 4.78 is 0. The largest absolute Gasteiger partial charge is 0.481 e. The Balaban J connectivity index is 2.55. The molecule has 0 aromatic carbocycles. The number of amides is 1. The highest BCUT2D eigenvalue weighted by Gasteiger charge is 2.17. The third-order valence-electron chi connectivity index (χ3n) is 3.72. The Morgan fingerprint density at radius 3 is 2.35 bits per heavy atom. The van der Waals surface area contributed by atoms with Crippen LogP contribution in [0.15, 0.2) is 5.16 Å². The Morgan fingerprint density at radius 2 is 1.87 bits per heavy atom. The third kappa shape index (κ3) is 6.17. The van der Waals surface area contributed by atoms with E-state index in [2.05, 4.69) is 15.3 Å². The van der Waals surface area contributed by atoms with Gasteiger partial charge in [-0.1, -0.05) is 25.1 Å². The zero-order chi connectivity index (χ0) is 17.4. The summed E-state index contributed by atoms with van der Waals surface area (Å²) in [7, 11) is 0. The van der Waals surface area contributed by atoms with Crippen molar-refractivity contribution in [3.05, 3.63) is 17.0 Å². The van der Waals surface area contributed by atoms with Crippen molar-refractivity contribution >= 4 is 23.6 Å². The van der Waals surface area contributed by atoms with E-state index >= 15 is 0 Å². The SMILES string of the molecule is CCCC(CNC(=O)CCc1c(C)nc(SC)nc1C)C(=O)O. The highest BCUT2D eigenvalue weighted by molar-refractivity contribution is 7.98. The molecule has 1 heterocycles. The van der Waals surface area contributed by atoms with Crippen LogP contribution in [0.1, 0.15) is 43.1 Å². The maximum absolute atomic E-state index is 11.9. The molecule has 1 aromatic heterocycles. The molecule has 2 N–H and O–H groups in total. The summed E-state index contributed by atoms with van der Waals surface area (Å²) in [4.78, 5) is 31.8. The van der Waals surface area contributed by atoms with E-state index in [-0.39, 0.29) is 12.5 Å². The third-order valence-corrected chi connectivity index (χ3v) is 4.26. The number of aromatic nitrogens is 2. The molecule has 0 aliphatic heterocycles. The minimum Gasteiger partial charge on any atom is -0.481 e. The maximum atomic E-state index is 11.9. The summed E-state index contributed by atoms with van der Waals surface area (Å²) in [6, 6.07) is 0. The van der Waals surface area contributed by atoms with Crippen molar-refractivity contribution in [2.45, 2.75) is 51.6 Å². The number of nitrogens with zero attached hydrogens (tertiary/aromatic N) is 2. The van der Waals surface area contributed by atoms with E-state index in [0.717, 1.165) is 28.5 Å². The Kier molecular flexibility index (Phi) is 8.02. The van der Waals surface area contributed by atoms with E-state index in [1.54, 1.807) is 0 Å². The average molecular weight is 339 g/mol. The number of hydrogen-bond acceptors (Lipinski definition) is 5. The van der Waals surface area contributed by atoms with Gasteiger partial charge in [-0.15, -0.1) is 0 Å². The number of carboxylic acid groups (broad SMARTS) is 1. The molecule has 23 heavy (non-hydrogen) atoms. The smallest absolute Gasteiger partial charge is 0.308 e. The topological polar surface area (TPSA) is 92.2 Å². The molecular weight excluding hydrogens is 314 g/mol. The highest BCUT2D eigenvalue weighted by Crippen LogP contribution is 2.17. The summed E-state index contributed by atoms with van der Waals surface area (Å²) in [6.45, 7) is 5.95. The summed E-state index contributed by atoms with van der Waals surface area (Å²) in [6.07, 6.45) is 4.14. The zero-order valence-corrected chi connectivity index (χ0v) is 15.0. The molecule has 1 amide bonds. The average Bonchev–Trinajstić information content (AvgIpc) is 2.49. The summed E-state index contributed by atoms with van der Waals surface area (Å²) in [5.41, 5.74) is 2.77. The Morgan fingerprint density at radius 1 is 1.26 bits per heavy atom. The number of thioether (sulfide) groups is 1. The lowest BCUT2D eigenvalue weighted by atomic mass is 10.0. The fourth-order valence-electron chi connectivity index (χ4n) is 2.39. The summed E-state index contributed by atoms with van der Waals surface area (Å²) >= 11 is 1.49. The molecule has 1 aromatic rings. The van der Waals surface area contributed by atoms with Crippen molar-refractivity contribution in [2.24, 2.45) is 5.92 Å². The van der Waals surface area contributed by atoms with Crippen LogP contribution in [0.4, 0.5) is 0 Å². The van der Waals surface area contributed by atoms with Gasteiger partial charge in [0.15, 0.2) is 5.16 Å². The van der Waals surface area contributed by atoms with Crippen LogP contribution in [0.25, 0.3) is 0 Å². The van der Waals surface area contributed by atoms with E-state index in [0.29, 0.717) is 19.3 Å². The molecule has 0 fully saturated rings. The lowest BCUT2D eigenvalue weighted by molar-refractivity contribution is -0.141. The standard InChI is InChI=1S/C16H25N3O3S/c1-5-6-12(15(21)22)9-17-14(20)8-7-13-10(2)18-16(23-4)19-11(13)3/h12H,5-9H2,1-4H3,(H,17,20)(H,21,22). The first kappa shape index (κ1) is 19.4. The van der Waals surface area contributed by atoms with Crippen molar-refractivity contribution in [2.75, 3.05) is 12.8 Å². The molecule has 1 atom stereocenters. The molecule has 0 bridgehead atoms. The van der Waals surface area contributed by atoms with Gasteiger partial charge in [0.05, 0.1) is 5.92 Å². The van der Waals surface area contributed by atoms with Gasteiger partial charge < -0.3 is 10.4 Å². The van der Waals surface area contributed by atoms with E-state index in [1.807, 2.05) is 27.0 Å². The number of carbonyl (C=O) groups is 2. The fraction of sp³-hybridized carbons (Fsp3) is 0.625. The van der Waals surface area contributed by atoms with E-state index < -0.39 is 11.9 Å². The molecule has 0 aliphatic rings.